The van der Waals surface area contributed by atoms with E-state index < -0.39 is 11.1 Å². The van der Waals surface area contributed by atoms with Crippen LogP contribution < -0.4 is 4.74 Å². The SMILES string of the molecule is COCCOCC(COCCOC)COCCOCCOC(=O)Oc1ccc([N+](=O)[O-])cc1. The Morgan fingerprint density at radius 3 is 1.79 bits per heavy atom. The Kier molecular flexibility index (Phi) is 16.6. The summed E-state index contributed by atoms with van der Waals surface area (Å²) in [4.78, 5) is 21.6. The minimum absolute atomic E-state index is 0.00484. The Bertz CT molecular complexity index is 630. The van der Waals surface area contributed by atoms with Gasteiger partial charge in [0.1, 0.15) is 12.4 Å². The zero-order valence-electron chi connectivity index (χ0n) is 19.1. The fourth-order valence-electron chi connectivity index (χ4n) is 2.34. The van der Waals surface area contributed by atoms with Crippen LogP contribution >= 0.6 is 0 Å². The lowest BCUT2D eigenvalue weighted by atomic mass is 10.2. The largest absolute Gasteiger partial charge is 0.513 e. The second kappa shape index (κ2) is 19.1. The second-order valence-electron chi connectivity index (χ2n) is 6.64. The number of nitrogens with zero attached hydrogens (tertiary/aromatic N) is 1. The molecular formula is C21H33NO11. The quantitative estimate of drug-likeness (QED) is 0.0902. The monoisotopic (exact) mass is 475 g/mol. The summed E-state index contributed by atoms with van der Waals surface area (Å²) in [6.45, 7) is 4.32. The molecule has 1 aromatic carbocycles. The van der Waals surface area contributed by atoms with Gasteiger partial charge >= 0.3 is 6.16 Å². The standard InChI is InChI=1S/C21H33NO11/c1-26-7-9-29-15-18(16-30-10-8-27-2)17-31-12-11-28-13-14-32-21(23)33-20-5-3-19(4-6-20)22(24)25/h3-6,18H,7-17H2,1-2H3. The topological polar surface area (TPSA) is 134 Å². The summed E-state index contributed by atoms with van der Waals surface area (Å²) >= 11 is 0. The number of methoxy groups -OCH3 is 2. The van der Waals surface area contributed by atoms with Gasteiger partial charge in [-0.2, -0.15) is 0 Å². The maximum absolute atomic E-state index is 11.6. The molecule has 0 aliphatic heterocycles. The minimum Gasteiger partial charge on any atom is -0.432 e. The fourth-order valence-corrected chi connectivity index (χ4v) is 2.34. The molecular weight excluding hydrogens is 442 g/mol. The Hall–Kier alpha value is -2.35. The molecule has 1 aromatic rings. The van der Waals surface area contributed by atoms with Crippen LogP contribution in [0.25, 0.3) is 0 Å². The molecule has 0 heterocycles. The maximum atomic E-state index is 11.6. The van der Waals surface area contributed by atoms with Gasteiger partial charge in [0, 0.05) is 32.3 Å². The van der Waals surface area contributed by atoms with Crippen LogP contribution in [0.15, 0.2) is 24.3 Å². The number of hydrogen-bond donors (Lipinski definition) is 0. The zero-order valence-corrected chi connectivity index (χ0v) is 19.1. The van der Waals surface area contributed by atoms with E-state index >= 15 is 0 Å². The van der Waals surface area contributed by atoms with Crippen molar-refractivity contribution >= 4 is 11.8 Å². The second-order valence-corrected chi connectivity index (χ2v) is 6.64. The smallest absolute Gasteiger partial charge is 0.432 e. The van der Waals surface area contributed by atoms with Gasteiger partial charge < -0.3 is 37.9 Å². The van der Waals surface area contributed by atoms with Crippen molar-refractivity contribution in [2.75, 3.05) is 86.9 Å². The molecule has 1 rings (SSSR count). The summed E-state index contributed by atoms with van der Waals surface area (Å²) in [5, 5.41) is 10.6. The van der Waals surface area contributed by atoms with Crippen LogP contribution in [-0.2, 0) is 33.2 Å². The molecule has 0 unspecified atom stereocenters. The third-order valence-electron chi connectivity index (χ3n) is 3.99. The number of carbonyl (C=O) groups is 1. The van der Waals surface area contributed by atoms with Crippen molar-refractivity contribution in [1.82, 2.24) is 0 Å². The molecule has 0 saturated heterocycles. The number of carbonyl (C=O) groups excluding carboxylic acids is 1. The van der Waals surface area contributed by atoms with Crippen molar-refractivity contribution in [1.29, 1.82) is 0 Å². The van der Waals surface area contributed by atoms with Crippen molar-refractivity contribution in [3.8, 4) is 5.75 Å². The van der Waals surface area contributed by atoms with E-state index in [0.717, 1.165) is 0 Å². The number of nitro groups is 1. The van der Waals surface area contributed by atoms with Crippen LogP contribution in [0.5, 0.6) is 5.75 Å². The molecule has 0 saturated carbocycles. The Balaban J connectivity index is 2.10. The Morgan fingerprint density at radius 1 is 0.788 bits per heavy atom. The van der Waals surface area contributed by atoms with E-state index in [-0.39, 0.29) is 30.6 Å². The highest BCUT2D eigenvalue weighted by molar-refractivity contribution is 5.63. The first-order valence-corrected chi connectivity index (χ1v) is 10.4. The summed E-state index contributed by atoms with van der Waals surface area (Å²) < 4.78 is 41.8. The van der Waals surface area contributed by atoms with Gasteiger partial charge in [0.2, 0.25) is 0 Å². The molecule has 0 radical (unpaired) electrons. The summed E-state index contributed by atoms with van der Waals surface area (Å²) in [7, 11) is 3.23. The first-order chi connectivity index (χ1) is 16.1. The van der Waals surface area contributed by atoms with E-state index in [1.54, 1.807) is 14.2 Å². The van der Waals surface area contributed by atoms with Gasteiger partial charge in [0.25, 0.3) is 5.69 Å². The van der Waals surface area contributed by atoms with Crippen LogP contribution in [-0.4, -0.2) is 98.0 Å². The van der Waals surface area contributed by atoms with Crippen molar-refractivity contribution in [2.24, 2.45) is 5.92 Å². The molecule has 0 fully saturated rings. The Morgan fingerprint density at radius 2 is 1.27 bits per heavy atom. The molecule has 0 spiro atoms. The van der Waals surface area contributed by atoms with E-state index in [9.17, 15) is 14.9 Å². The number of non-ortho nitro benzene ring substituents is 1. The molecule has 188 valence electrons. The maximum Gasteiger partial charge on any atom is 0.513 e. The predicted octanol–water partition coefficient (Wildman–Crippen LogP) is 2.09. The van der Waals surface area contributed by atoms with E-state index in [1.165, 1.54) is 24.3 Å². The van der Waals surface area contributed by atoms with Crippen molar-refractivity contribution in [2.45, 2.75) is 0 Å². The van der Waals surface area contributed by atoms with Crippen LogP contribution in [0.2, 0.25) is 0 Å². The molecule has 33 heavy (non-hydrogen) atoms. The number of hydrogen-bond acceptors (Lipinski definition) is 11. The predicted molar refractivity (Wildman–Crippen MR) is 116 cm³/mol. The van der Waals surface area contributed by atoms with E-state index in [2.05, 4.69) is 0 Å². The molecule has 0 aliphatic rings. The summed E-state index contributed by atoms with van der Waals surface area (Å²) in [5.41, 5.74) is -0.102. The van der Waals surface area contributed by atoms with E-state index in [0.29, 0.717) is 59.5 Å². The highest BCUT2D eigenvalue weighted by atomic mass is 16.7. The number of benzene rings is 1. The van der Waals surface area contributed by atoms with E-state index in [1.807, 2.05) is 0 Å². The highest BCUT2D eigenvalue weighted by Gasteiger charge is 2.11. The summed E-state index contributed by atoms with van der Waals surface area (Å²) in [5.74, 6) is 0.211. The van der Waals surface area contributed by atoms with Gasteiger partial charge in [-0.3, -0.25) is 10.1 Å². The van der Waals surface area contributed by atoms with Crippen molar-refractivity contribution in [3.05, 3.63) is 34.4 Å². The van der Waals surface area contributed by atoms with Gasteiger partial charge in [-0.1, -0.05) is 0 Å². The third kappa shape index (κ3) is 15.2. The summed E-state index contributed by atoms with van der Waals surface area (Å²) in [6.07, 6.45) is -0.923. The van der Waals surface area contributed by atoms with Crippen LogP contribution in [0, 0.1) is 16.0 Å². The number of nitro benzene ring substituents is 1. The van der Waals surface area contributed by atoms with Crippen LogP contribution in [0.1, 0.15) is 0 Å². The first kappa shape index (κ1) is 28.7. The van der Waals surface area contributed by atoms with Gasteiger partial charge in [-0.25, -0.2) is 4.79 Å². The molecule has 0 aromatic heterocycles. The summed E-state index contributed by atoms with van der Waals surface area (Å²) in [6, 6.07) is 5.08. The zero-order chi connectivity index (χ0) is 24.2. The lowest BCUT2D eigenvalue weighted by Crippen LogP contribution is -2.24. The fraction of sp³-hybridized carbons (Fsp3) is 0.667. The Labute approximate surface area is 193 Å². The minimum atomic E-state index is -0.923. The number of rotatable bonds is 20. The highest BCUT2D eigenvalue weighted by Crippen LogP contribution is 2.17. The lowest BCUT2D eigenvalue weighted by Gasteiger charge is -2.17. The molecule has 0 amide bonds. The van der Waals surface area contributed by atoms with Gasteiger partial charge in [-0.15, -0.1) is 0 Å². The average molecular weight is 475 g/mol. The average Bonchev–Trinajstić information content (AvgIpc) is 2.81. The molecule has 12 nitrogen and oxygen atoms in total. The van der Waals surface area contributed by atoms with Crippen molar-refractivity contribution < 1.29 is 47.6 Å². The van der Waals surface area contributed by atoms with Crippen LogP contribution in [0.3, 0.4) is 0 Å². The van der Waals surface area contributed by atoms with Gasteiger partial charge in [-0.05, 0) is 12.1 Å². The molecule has 0 atom stereocenters. The van der Waals surface area contributed by atoms with Crippen LogP contribution in [0.4, 0.5) is 10.5 Å². The molecule has 0 N–H and O–H groups in total. The molecule has 0 bridgehead atoms. The molecule has 12 heteroatoms. The van der Waals surface area contributed by atoms with Crippen molar-refractivity contribution in [3.63, 3.8) is 0 Å². The first-order valence-electron chi connectivity index (χ1n) is 10.4. The normalized spacial score (nSPS) is 11.0. The van der Waals surface area contributed by atoms with Gasteiger partial charge in [0.05, 0.1) is 71.0 Å². The molecule has 0 aliphatic carbocycles. The lowest BCUT2D eigenvalue weighted by molar-refractivity contribution is -0.384. The van der Waals surface area contributed by atoms with E-state index in [4.69, 9.17) is 37.9 Å². The number of ether oxygens (including phenoxy) is 8. The third-order valence-corrected chi connectivity index (χ3v) is 3.99. The van der Waals surface area contributed by atoms with Gasteiger partial charge in [0.15, 0.2) is 0 Å².